The summed E-state index contributed by atoms with van der Waals surface area (Å²) in [5, 5.41) is 0.514. The normalized spacial score (nSPS) is 17.4. The van der Waals surface area contributed by atoms with Crippen LogP contribution in [0.25, 0.3) is 0 Å². The standard InChI is InChI=1S/C26H42ClN3O6SSi/c1-20(22-10-11-23(27)24(16-22)36-18-21-8-9-21)28-37(33,34)14-7-5-6-12-29-17-25(31)30(26(29)32)19-35-13-15-38(2,3)4/h10-11,16,20-21,28H,5-9,12-15,17-19H2,1-4H3/t20-/m0/s1. The zero-order chi connectivity index (χ0) is 27.9. The first-order valence-electron chi connectivity index (χ1n) is 13.4. The third-order valence-corrected chi connectivity index (χ3v) is 10.2. The number of ether oxygens (including phenoxy) is 2. The van der Waals surface area contributed by atoms with E-state index in [1.165, 1.54) is 17.7 Å². The lowest BCUT2D eigenvalue weighted by atomic mass is 10.1. The molecule has 38 heavy (non-hydrogen) atoms. The Kier molecular flexibility index (Phi) is 11.1. The highest BCUT2D eigenvalue weighted by Crippen LogP contribution is 2.33. The molecule has 1 atom stereocenters. The molecule has 1 aromatic rings. The van der Waals surface area contributed by atoms with Crippen molar-refractivity contribution in [1.29, 1.82) is 0 Å². The summed E-state index contributed by atoms with van der Waals surface area (Å²) in [5.74, 6) is 0.896. The molecule has 0 radical (unpaired) electrons. The van der Waals surface area contributed by atoms with Crippen molar-refractivity contribution >= 4 is 41.6 Å². The predicted molar refractivity (Wildman–Crippen MR) is 152 cm³/mol. The number of carbonyl (C=O) groups is 2. The van der Waals surface area contributed by atoms with Crippen LogP contribution in [-0.2, 0) is 19.6 Å². The fourth-order valence-electron chi connectivity index (χ4n) is 3.99. The highest BCUT2D eigenvalue weighted by atomic mass is 35.5. The zero-order valence-corrected chi connectivity index (χ0v) is 25.6. The number of hydrogen-bond acceptors (Lipinski definition) is 6. The van der Waals surface area contributed by atoms with Crippen molar-refractivity contribution in [2.24, 2.45) is 5.92 Å². The Morgan fingerprint density at radius 3 is 2.58 bits per heavy atom. The molecule has 3 amide bonds. The van der Waals surface area contributed by atoms with Crippen molar-refractivity contribution < 1.29 is 27.5 Å². The van der Waals surface area contributed by atoms with Gasteiger partial charge >= 0.3 is 6.03 Å². The van der Waals surface area contributed by atoms with Crippen LogP contribution in [0, 0.1) is 5.92 Å². The second kappa shape index (κ2) is 13.6. The van der Waals surface area contributed by atoms with Crippen molar-refractivity contribution in [3.05, 3.63) is 28.8 Å². The quantitative estimate of drug-likeness (QED) is 0.159. The fraction of sp³-hybridized carbons (Fsp3) is 0.692. The largest absolute Gasteiger partial charge is 0.492 e. The van der Waals surface area contributed by atoms with Crippen LogP contribution in [0.1, 0.15) is 50.6 Å². The number of benzene rings is 1. The maximum atomic E-state index is 12.6. The average Bonchev–Trinajstić information content (AvgIpc) is 3.61. The molecule has 1 saturated carbocycles. The molecular weight excluding hydrogens is 546 g/mol. The molecule has 1 aromatic carbocycles. The van der Waals surface area contributed by atoms with Crippen LogP contribution in [-0.4, -0.2) is 77.0 Å². The first-order chi connectivity index (χ1) is 17.8. The molecule has 214 valence electrons. The molecule has 0 aromatic heterocycles. The van der Waals surface area contributed by atoms with Crippen molar-refractivity contribution in [2.75, 3.05) is 38.8 Å². The minimum atomic E-state index is -3.50. The maximum absolute atomic E-state index is 12.6. The molecule has 1 heterocycles. The number of unbranched alkanes of at least 4 members (excludes halogenated alkanes) is 2. The van der Waals surface area contributed by atoms with E-state index in [1.807, 2.05) is 0 Å². The highest BCUT2D eigenvalue weighted by molar-refractivity contribution is 7.89. The lowest BCUT2D eigenvalue weighted by molar-refractivity contribution is -0.128. The fourth-order valence-corrected chi connectivity index (χ4v) is 6.30. The number of amides is 3. The van der Waals surface area contributed by atoms with Gasteiger partial charge in [0.1, 0.15) is 19.0 Å². The third kappa shape index (κ3) is 10.1. The summed E-state index contributed by atoms with van der Waals surface area (Å²) in [7, 11) is -4.74. The molecule has 0 unspecified atom stereocenters. The Bertz CT molecular complexity index is 1080. The predicted octanol–water partition coefficient (Wildman–Crippen LogP) is 4.86. The number of carbonyl (C=O) groups excluding carboxylic acids is 2. The van der Waals surface area contributed by atoms with Gasteiger partial charge in [0.15, 0.2) is 0 Å². The molecule has 3 rings (SSSR count). The minimum absolute atomic E-state index is 0.0114. The first kappa shape index (κ1) is 30.9. The smallest absolute Gasteiger partial charge is 0.329 e. The lowest BCUT2D eigenvalue weighted by Crippen LogP contribution is -2.35. The molecular formula is C26H42ClN3O6SSi. The van der Waals surface area contributed by atoms with Gasteiger partial charge in [-0.1, -0.05) is 43.7 Å². The van der Waals surface area contributed by atoms with E-state index in [-0.39, 0.29) is 31.0 Å². The van der Waals surface area contributed by atoms with Crippen molar-refractivity contribution in [2.45, 2.75) is 70.8 Å². The zero-order valence-electron chi connectivity index (χ0n) is 23.0. The Morgan fingerprint density at radius 2 is 1.89 bits per heavy atom. The van der Waals surface area contributed by atoms with Gasteiger partial charge in [-0.25, -0.2) is 22.8 Å². The Morgan fingerprint density at radius 1 is 1.16 bits per heavy atom. The van der Waals surface area contributed by atoms with E-state index in [9.17, 15) is 18.0 Å². The van der Waals surface area contributed by atoms with Crippen molar-refractivity contribution in [3.63, 3.8) is 0 Å². The summed E-state index contributed by atoms with van der Waals surface area (Å²) in [4.78, 5) is 27.4. The van der Waals surface area contributed by atoms with Crippen LogP contribution in [0.4, 0.5) is 4.79 Å². The maximum Gasteiger partial charge on any atom is 0.329 e. The number of hydrogen-bond donors (Lipinski definition) is 1. The number of nitrogens with one attached hydrogen (secondary N) is 1. The molecule has 1 aliphatic carbocycles. The summed E-state index contributed by atoms with van der Waals surface area (Å²) in [5.41, 5.74) is 0.787. The van der Waals surface area contributed by atoms with Crippen LogP contribution in [0.5, 0.6) is 5.75 Å². The van der Waals surface area contributed by atoms with Crippen LogP contribution in [0.15, 0.2) is 18.2 Å². The average molecular weight is 588 g/mol. The molecule has 1 N–H and O–H groups in total. The third-order valence-electron chi connectivity index (χ3n) is 6.67. The summed E-state index contributed by atoms with van der Waals surface area (Å²) in [6.45, 7) is 10.1. The summed E-state index contributed by atoms with van der Waals surface area (Å²) >= 11 is 6.24. The Labute approximate surface area is 233 Å². The number of sulfonamides is 1. The van der Waals surface area contributed by atoms with Gasteiger partial charge in [0.05, 0.1) is 17.4 Å². The van der Waals surface area contributed by atoms with E-state index in [1.54, 1.807) is 25.1 Å². The van der Waals surface area contributed by atoms with Crippen LogP contribution >= 0.6 is 11.6 Å². The van der Waals surface area contributed by atoms with Gasteiger partial charge in [-0.05, 0) is 62.3 Å². The van der Waals surface area contributed by atoms with Crippen LogP contribution in [0.3, 0.4) is 0 Å². The summed E-state index contributed by atoms with van der Waals surface area (Å²) in [6.07, 6.45) is 4.05. The second-order valence-corrected chi connectivity index (χ2v) is 19.4. The molecule has 2 fully saturated rings. The first-order valence-corrected chi connectivity index (χ1v) is 19.2. The van der Waals surface area contributed by atoms with E-state index >= 15 is 0 Å². The Hall–Kier alpha value is -1.66. The van der Waals surface area contributed by atoms with E-state index < -0.39 is 24.1 Å². The number of nitrogens with zero attached hydrogens (tertiary/aromatic N) is 2. The van der Waals surface area contributed by atoms with Gasteiger partial charge in [-0.15, -0.1) is 0 Å². The molecule has 0 spiro atoms. The van der Waals surface area contributed by atoms with Crippen molar-refractivity contribution in [1.82, 2.24) is 14.5 Å². The van der Waals surface area contributed by atoms with Crippen LogP contribution < -0.4 is 9.46 Å². The number of halogens is 1. The minimum Gasteiger partial charge on any atom is -0.492 e. The van der Waals surface area contributed by atoms with E-state index in [0.717, 1.165) is 16.5 Å². The van der Waals surface area contributed by atoms with Gasteiger partial charge in [-0.3, -0.25) is 4.79 Å². The Balaban J connectivity index is 1.35. The van der Waals surface area contributed by atoms with Gasteiger partial charge in [-0.2, -0.15) is 0 Å². The molecule has 0 bridgehead atoms. The van der Waals surface area contributed by atoms with Gasteiger partial charge in [0.2, 0.25) is 10.0 Å². The number of imide groups is 1. The monoisotopic (exact) mass is 587 g/mol. The number of rotatable bonds is 17. The molecule has 9 nitrogen and oxygen atoms in total. The van der Waals surface area contributed by atoms with E-state index in [4.69, 9.17) is 21.1 Å². The van der Waals surface area contributed by atoms with E-state index in [2.05, 4.69) is 24.4 Å². The molecule has 1 aliphatic heterocycles. The highest BCUT2D eigenvalue weighted by Gasteiger charge is 2.35. The van der Waals surface area contributed by atoms with Crippen LogP contribution in [0.2, 0.25) is 30.7 Å². The summed E-state index contributed by atoms with van der Waals surface area (Å²) in [6, 6.07) is 5.54. The van der Waals surface area contributed by atoms with E-state index in [0.29, 0.717) is 55.7 Å². The second-order valence-electron chi connectivity index (χ2n) is 11.5. The molecule has 12 heteroatoms. The van der Waals surface area contributed by atoms with Gasteiger partial charge < -0.3 is 14.4 Å². The molecule has 1 saturated heterocycles. The lowest BCUT2D eigenvalue weighted by Gasteiger charge is -2.19. The topological polar surface area (TPSA) is 105 Å². The van der Waals surface area contributed by atoms with Gasteiger partial charge in [0.25, 0.3) is 5.91 Å². The summed E-state index contributed by atoms with van der Waals surface area (Å²) < 4.78 is 39.4. The molecule has 2 aliphatic rings. The SMILES string of the molecule is C[C@H](NS(=O)(=O)CCCCCN1CC(=O)N(COCC[Si](C)(C)C)C1=O)c1ccc(Cl)c(OCC2CC2)c1. The number of urea groups is 1. The van der Waals surface area contributed by atoms with Gasteiger partial charge in [0, 0.05) is 27.3 Å². The van der Waals surface area contributed by atoms with Crippen molar-refractivity contribution in [3.8, 4) is 5.75 Å².